The number of nitrogens with one attached hydrogen (secondary N) is 1. The van der Waals surface area contributed by atoms with Gasteiger partial charge in [0, 0.05) is 20.2 Å². The summed E-state index contributed by atoms with van der Waals surface area (Å²) in [6.07, 6.45) is 2.31. The van der Waals surface area contributed by atoms with Crippen molar-refractivity contribution in [3.63, 3.8) is 0 Å². The molecule has 0 radical (unpaired) electrons. The Morgan fingerprint density at radius 3 is 2.88 bits per heavy atom. The lowest BCUT2D eigenvalue weighted by molar-refractivity contribution is -0.151. The molecule has 6 heteroatoms. The van der Waals surface area contributed by atoms with Gasteiger partial charge in [-0.25, -0.2) is 4.79 Å². The second-order valence-corrected chi connectivity index (χ2v) is 4.11. The van der Waals surface area contributed by atoms with Gasteiger partial charge < -0.3 is 20.1 Å². The molecular formula is C11H20N2O4. The van der Waals surface area contributed by atoms with Crippen LogP contribution in [-0.2, 0) is 14.3 Å². The summed E-state index contributed by atoms with van der Waals surface area (Å²) in [5, 5.41) is 12.0. The molecule has 0 aliphatic carbocycles. The molecule has 1 aliphatic rings. The van der Waals surface area contributed by atoms with Crippen molar-refractivity contribution >= 4 is 11.9 Å². The molecule has 1 fully saturated rings. The number of piperidine rings is 1. The summed E-state index contributed by atoms with van der Waals surface area (Å²) >= 11 is 0. The number of hydrogen-bond acceptors (Lipinski definition) is 4. The first-order valence-corrected chi connectivity index (χ1v) is 5.88. The molecule has 2 N–H and O–H groups in total. The molecule has 0 aromatic carbocycles. The molecule has 1 unspecified atom stereocenters. The zero-order valence-corrected chi connectivity index (χ0v) is 10.1. The number of aliphatic carboxylic acids is 1. The summed E-state index contributed by atoms with van der Waals surface area (Å²) in [6, 6.07) is -0.652. The van der Waals surface area contributed by atoms with E-state index < -0.39 is 12.0 Å². The van der Waals surface area contributed by atoms with Crippen molar-refractivity contribution in [1.82, 2.24) is 10.2 Å². The zero-order valence-electron chi connectivity index (χ0n) is 10.1. The van der Waals surface area contributed by atoms with E-state index in [9.17, 15) is 9.59 Å². The molecule has 17 heavy (non-hydrogen) atoms. The second kappa shape index (κ2) is 7.24. The lowest BCUT2D eigenvalue weighted by atomic mass is 10.0. The maximum Gasteiger partial charge on any atom is 0.326 e. The van der Waals surface area contributed by atoms with E-state index >= 15 is 0 Å². The highest BCUT2D eigenvalue weighted by molar-refractivity contribution is 5.85. The van der Waals surface area contributed by atoms with E-state index in [1.807, 2.05) is 0 Å². The average Bonchev–Trinajstić information content (AvgIpc) is 2.34. The van der Waals surface area contributed by atoms with Crippen LogP contribution in [0.1, 0.15) is 19.3 Å². The van der Waals surface area contributed by atoms with Crippen molar-refractivity contribution in [2.75, 3.05) is 33.4 Å². The first kappa shape index (κ1) is 13.9. The largest absolute Gasteiger partial charge is 0.480 e. The van der Waals surface area contributed by atoms with Gasteiger partial charge >= 0.3 is 5.97 Å². The first-order valence-electron chi connectivity index (χ1n) is 5.88. The van der Waals surface area contributed by atoms with Crippen LogP contribution < -0.4 is 5.32 Å². The second-order valence-electron chi connectivity index (χ2n) is 4.11. The minimum absolute atomic E-state index is 0.145. The van der Waals surface area contributed by atoms with E-state index in [0.717, 1.165) is 12.8 Å². The van der Waals surface area contributed by atoms with Crippen molar-refractivity contribution in [3.8, 4) is 0 Å². The third-order valence-electron chi connectivity index (χ3n) is 2.87. The Balaban J connectivity index is 2.39. The van der Waals surface area contributed by atoms with Crippen molar-refractivity contribution in [3.05, 3.63) is 0 Å². The van der Waals surface area contributed by atoms with Crippen LogP contribution in [0.4, 0.5) is 0 Å². The molecule has 1 heterocycles. The van der Waals surface area contributed by atoms with Crippen LogP contribution >= 0.6 is 0 Å². The lowest BCUT2D eigenvalue weighted by Gasteiger charge is -2.33. The maximum atomic E-state index is 11.8. The Hall–Kier alpha value is -1.14. The van der Waals surface area contributed by atoms with Crippen LogP contribution in [0.2, 0.25) is 0 Å². The van der Waals surface area contributed by atoms with Gasteiger partial charge in [0.1, 0.15) is 6.04 Å². The number of hydrogen-bond donors (Lipinski definition) is 2. The normalized spacial score (nSPS) is 20.3. The van der Waals surface area contributed by atoms with Crippen LogP contribution in [0.3, 0.4) is 0 Å². The molecule has 1 rings (SSSR count). The SMILES string of the molecule is COCCNCC(=O)N1CCCCC1C(=O)O. The van der Waals surface area contributed by atoms with Gasteiger partial charge in [0.05, 0.1) is 13.2 Å². The van der Waals surface area contributed by atoms with Crippen LogP contribution in [0, 0.1) is 0 Å². The Labute approximate surface area is 101 Å². The number of carbonyl (C=O) groups is 2. The third-order valence-corrected chi connectivity index (χ3v) is 2.87. The van der Waals surface area contributed by atoms with Gasteiger partial charge in [-0.3, -0.25) is 4.79 Å². The van der Waals surface area contributed by atoms with Crippen molar-refractivity contribution in [2.24, 2.45) is 0 Å². The third kappa shape index (κ3) is 4.32. The van der Waals surface area contributed by atoms with E-state index in [1.165, 1.54) is 4.90 Å². The van der Waals surface area contributed by atoms with Gasteiger partial charge in [0.25, 0.3) is 0 Å². The number of nitrogens with zero attached hydrogens (tertiary/aromatic N) is 1. The molecule has 0 spiro atoms. The van der Waals surface area contributed by atoms with Gasteiger partial charge in [-0.1, -0.05) is 0 Å². The number of carboxylic acids is 1. The molecule has 1 atom stereocenters. The molecule has 1 saturated heterocycles. The van der Waals surface area contributed by atoms with Crippen molar-refractivity contribution < 1.29 is 19.4 Å². The standard InChI is InChI=1S/C11H20N2O4/c1-17-7-5-12-8-10(14)13-6-3-2-4-9(13)11(15)16/h9,12H,2-8H2,1H3,(H,15,16). The fourth-order valence-corrected chi connectivity index (χ4v) is 1.96. The predicted octanol–water partition coefficient (Wildman–Crippen LogP) is -0.312. The number of carboxylic acid groups (broad SMARTS) is 1. The van der Waals surface area contributed by atoms with Crippen molar-refractivity contribution in [2.45, 2.75) is 25.3 Å². The molecule has 0 aromatic rings. The van der Waals surface area contributed by atoms with Gasteiger partial charge in [-0.2, -0.15) is 0 Å². The molecule has 1 amide bonds. The number of rotatable bonds is 6. The Morgan fingerprint density at radius 1 is 1.47 bits per heavy atom. The number of carbonyl (C=O) groups excluding carboxylic acids is 1. The molecule has 1 aliphatic heterocycles. The van der Waals surface area contributed by atoms with E-state index in [-0.39, 0.29) is 12.5 Å². The molecular weight excluding hydrogens is 224 g/mol. The minimum Gasteiger partial charge on any atom is -0.480 e. The Kier molecular flexibility index (Phi) is 5.93. The molecule has 98 valence electrons. The number of amides is 1. The smallest absolute Gasteiger partial charge is 0.326 e. The quantitative estimate of drug-likeness (QED) is 0.626. The summed E-state index contributed by atoms with van der Waals surface area (Å²) in [4.78, 5) is 24.3. The van der Waals surface area contributed by atoms with Gasteiger partial charge in [-0.15, -0.1) is 0 Å². The van der Waals surface area contributed by atoms with E-state index in [4.69, 9.17) is 9.84 Å². The van der Waals surface area contributed by atoms with Crippen molar-refractivity contribution in [1.29, 1.82) is 0 Å². The molecule has 0 aromatic heterocycles. The summed E-state index contributed by atoms with van der Waals surface area (Å²) in [5.41, 5.74) is 0. The van der Waals surface area contributed by atoms with Crippen LogP contribution in [-0.4, -0.2) is 61.3 Å². The van der Waals surface area contributed by atoms with Gasteiger partial charge in [0.15, 0.2) is 0 Å². The van der Waals surface area contributed by atoms with Crippen LogP contribution in [0.5, 0.6) is 0 Å². The Morgan fingerprint density at radius 2 is 2.24 bits per heavy atom. The highest BCUT2D eigenvalue weighted by atomic mass is 16.5. The molecule has 0 bridgehead atoms. The fraction of sp³-hybridized carbons (Fsp3) is 0.818. The summed E-state index contributed by atoms with van der Waals surface area (Å²) in [5.74, 6) is -1.05. The summed E-state index contributed by atoms with van der Waals surface area (Å²) < 4.78 is 4.85. The van der Waals surface area contributed by atoms with Crippen LogP contribution in [0.25, 0.3) is 0 Å². The Bertz CT molecular complexity index is 270. The maximum absolute atomic E-state index is 11.8. The number of methoxy groups -OCH3 is 1. The highest BCUT2D eigenvalue weighted by Crippen LogP contribution is 2.16. The molecule has 0 saturated carbocycles. The minimum atomic E-state index is -0.907. The fourth-order valence-electron chi connectivity index (χ4n) is 1.96. The number of likely N-dealkylation sites (tertiary alicyclic amines) is 1. The highest BCUT2D eigenvalue weighted by Gasteiger charge is 2.31. The summed E-state index contributed by atoms with van der Waals surface area (Å²) in [6.45, 7) is 1.85. The van der Waals surface area contributed by atoms with Crippen LogP contribution in [0.15, 0.2) is 0 Å². The average molecular weight is 244 g/mol. The predicted molar refractivity (Wildman–Crippen MR) is 61.7 cm³/mol. The monoisotopic (exact) mass is 244 g/mol. The van der Waals surface area contributed by atoms with Gasteiger partial charge in [-0.05, 0) is 19.3 Å². The molecule has 6 nitrogen and oxygen atoms in total. The lowest BCUT2D eigenvalue weighted by Crippen LogP contribution is -2.50. The summed E-state index contributed by atoms with van der Waals surface area (Å²) in [7, 11) is 1.59. The number of ether oxygens (including phenoxy) is 1. The first-order chi connectivity index (χ1) is 8.16. The van der Waals surface area contributed by atoms with E-state index in [1.54, 1.807) is 7.11 Å². The topological polar surface area (TPSA) is 78.9 Å². The van der Waals surface area contributed by atoms with E-state index in [0.29, 0.717) is 26.1 Å². The zero-order chi connectivity index (χ0) is 12.7. The van der Waals surface area contributed by atoms with E-state index in [2.05, 4.69) is 5.32 Å². The van der Waals surface area contributed by atoms with Gasteiger partial charge in [0.2, 0.25) is 5.91 Å².